The van der Waals surface area contributed by atoms with Gasteiger partial charge in [0.05, 0.1) is 5.75 Å². The van der Waals surface area contributed by atoms with Crippen molar-refractivity contribution in [1.82, 2.24) is 15.2 Å². The SMILES string of the molecule is CC1CC2=CCC(c3ccc(NC(=O)CSc4nnc[nH]4)cc3)(C2)C1. The summed E-state index contributed by atoms with van der Waals surface area (Å²) in [7, 11) is 0. The van der Waals surface area contributed by atoms with Crippen molar-refractivity contribution in [1.29, 1.82) is 0 Å². The molecule has 1 saturated carbocycles. The summed E-state index contributed by atoms with van der Waals surface area (Å²) < 4.78 is 0. The van der Waals surface area contributed by atoms with Crippen molar-refractivity contribution in [2.75, 3.05) is 11.1 Å². The summed E-state index contributed by atoms with van der Waals surface area (Å²) in [6.45, 7) is 2.36. The number of rotatable bonds is 5. The second-order valence-corrected chi connectivity index (χ2v) is 8.21. The summed E-state index contributed by atoms with van der Waals surface area (Å²) in [5, 5.41) is 11.2. The maximum absolute atomic E-state index is 12.1. The summed E-state index contributed by atoms with van der Waals surface area (Å²) in [5.41, 5.74) is 4.16. The first-order valence-corrected chi connectivity index (χ1v) is 9.69. The molecule has 1 amide bonds. The lowest BCUT2D eigenvalue weighted by Crippen LogP contribution is -2.29. The molecular formula is C19H22N4OS. The Hall–Kier alpha value is -2.08. The van der Waals surface area contributed by atoms with Crippen molar-refractivity contribution < 1.29 is 4.79 Å². The number of aromatic amines is 1. The Morgan fingerprint density at radius 1 is 1.40 bits per heavy atom. The first-order valence-electron chi connectivity index (χ1n) is 8.70. The molecule has 5 nitrogen and oxygen atoms in total. The van der Waals surface area contributed by atoms with Gasteiger partial charge in [-0.25, -0.2) is 0 Å². The molecule has 2 bridgehead atoms. The topological polar surface area (TPSA) is 70.7 Å². The van der Waals surface area contributed by atoms with Crippen molar-refractivity contribution in [3.8, 4) is 0 Å². The van der Waals surface area contributed by atoms with E-state index in [0.29, 0.717) is 10.9 Å². The van der Waals surface area contributed by atoms with Gasteiger partial charge in [0.25, 0.3) is 0 Å². The lowest BCUT2D eigenvalue weighted by molar-refractivity contribution is -0.113. The first-order chi connectivity index (χ1) is 12.1. The van der Waals surface area contributed by atoms with E-state index < -0.39 is 0 Å². The van der Waals surface area contributed by atoms with Gasteiger partial charge in [0, 0.05) is 11.1 Å². The van der Waals surface area contributed by atoms with Gasteiger partial charge in [0.15, 0.2) is 5.16 Å². The third-order valence-corrected chi connectivity index (χ3v) is 6.09. The van der Waals surface area contributed by atoms with E-state index in [-0.39, 0.29) is 11.3 Å². The molecule has 130 valence electrons. The molecule has 4 rings (SSSR count). The molecule has 1 aromatic heterocycles. The Labute approximate surface area is 151 Å². The summed E-state index contributed by atoms with van der Waals surface area (Å²) >= 11 is 1.34. The number of benzene rings is 1. The van der Waals surface area contributed by atoms with E-state index in [2.05, 4.69) is 45.6 Å². The molecule has 1 heterocycles. The van der Waals surface area contributed by atoms with Crippen molar-refractivity contribution >= 4 is 23.4 Å². The average Bonchev–Trinajstić information content (AvgIpc) is 3.22. The molecule has 0 aliphatic heterocycles. The number of carbonyl (C=O) groups excluding carboxylic acids is 1. The molecule has 25 heavy (non-hydrogen) atoms. The zero-order chi connectivity index (χ0) is 17.3. The Morgan fingerprint density at radius 3 is 3.00 bits per heavy atom. The van der Waals surface area contributed by atoms with Crippen LogP contribution >= 0.6 is 11.8 Å². The fraction of sp³-hybridized carbons (Fsp3) is 0.421. The highest BCUT2D eigenvalue weighted by atomic mass is 32.2. The second-order valence-electron chi connectivity index (χ2n) is 7.25. The van der Waals surface area contributed by atoms with E-state index in [1.54, 1.807) is 5.57 Å². The molecule has 2 atom stereocenters. The average molecular weight is 354 g/mol. The molecule has 0 radical (unpaired) electrons. The predicted octanol–water partition coefficient (Wildman–Crippen LogP) is 3.92. The molecule has 1 fully saturated rings. The monoisotopic (exact) mass is 354 g/mol. The molecule has 1 aromatic carbocycles. The number of nitrogens with one attached hydrogen (secondary N) is 2. The maximum Gasteiger partial charge on any atom is 0.234 e. The van der Waals surface area contributed by atoms with E-state index >= 15 is 0 Å². The zero-order valence-electron chi connectivity index (χ0n) is 14.3. The van der Waals surface area contributed by atoms with Crippen molar-refractivity contribution in [2.24, 2.45) is 5.92 Å². The first kappa shape index (κ1) is 16.4. The van der Waals surface area contributed by atoms with E-state index in [9.17, 15) is 4.79 Å². The molecule has 2 aliphatic carbocycles. The standard InChI is InChI=1S/C19H22N4OS/c1-13-8-14-6-7-19(9-13,10-14)15-2-4-16(5-3-15)22-17(24)11-25-18-20-12-21-23-18/h2-6,12-13H,7-11H2,1H3,(H,22,24)(H,20,21,23). The predicted molar refractivity (Wildman–Crippen MR) is 99.6 cm³/mol. The van der Waals surface area contributed by atoms with E-state index in [1.165, 1.54) is 42.9 Å². The van der Waals surface area contributed by atoms with Crippen LogP contribution in [0.1, 0.15) is 38.2 Å². The number of nitrogens with zero attached hydrogens (tertiary/aromatic N) is 2. The minimum atomic E-state index is -0.0385. The van der Waals surface area contributed by atoms with Gasteiger partial charge in [-0.15, -0.1) is 10.2 Å². The molecule has 2 aliphatic rings. The van der Waals surface area contributed by atoms with Crippen molar-refractivity contribution in [2.45, 2.75) is 43.2 Å². The molecular weight excluding hydrogens is 332 g/mol. The molecule has 0 saturated heterocycles. The van der Waals surface area contributed by atoms with Crippen LogP contribution in [0.15, 0.2) is 47.4 Å². The number of aromatic nitrogens is 3. The number of anilines is 1. The minimum Gasteiger partial charge on any atom is -0.325 e. The van der Waals surface area contributed by atoms with Gasteiger partial charge in [-0.05, 0) is 49.3 Å². The normalized spacial score (nSPS) is 24.8. The third kappa shape index (κ3) is 3.49. The molecule has 6 heteroatoms. The Kier molecular flexibility index (Phi) is 4.37. The van der Waals surface area contributed by atoms with Gasteiger partial charge in [-0.3, -0.25) is 4.79 Å². The van der Waals surface area contributed by atoms with Crippen LogP contribution in [0.3, 0.4) is 0 Å². The molecule has 0 spiro atoms. The summed E-state index contributed by atoms with van der Waals surface area (Å²) in [6.07, 6.45) is 8.84. The highest BCUT2D eigenvalue weighted by Crippen LogP contribution is 2.51. The van der Waals surface area contributed by atoms with Crippen LogP contribution in [0.25, 0.3) is 0 Å². The number of hydrogen-bond acceptors (Lipinski definition) is 4. The maximum atomic E-state index is 12.1. The van der Waals surface area contributed by atoms with Crippen LogP contribution < -0.4 is 5.32 Å². The fourth-order valence-electron chi connectivity index (χ4n) is 4.26. The summed E-state index contributed by atoms with van der Waals surface area (Å²) in [5.74, 6) is 1.03. The molecule has 2 N–H and O–H groups in total. The van der Waals surface area contributed by atoms with E-state index in [0.717, 1.165) is 18.0 Å². The Morgan fingerprint density at radius 2 is 2.24 bits per heavy atom. The summed E-state index contributed by atoms with van der Waals surface area (Å²) in [6, 6.07) is 8.43. The number of thioether (sulfide) groups is 1. The van der Waals surface area contributed by atoms with Crippen molar-refractivity contribution in [3.05, 3.63) is 47.8 Å². The highest BCUT2D eigenvalue weighted by Gasteiger charge is 2.41. The van der Waals surface area contributed by atoms with Gasteiger partial charge in [0.1, 0.15) is 6.33 Å². The van der Waals surface area contributed by atoms with Gasteiger partial charge in [-0.2, -0.15) is 0 Å². The number of allylic oxidation sites excluding steroid dienone is 2. The lowest BCUT2D eigenvalue weighted by atomic mass is 9.67. The third-order valence-electron chi connectivity index (χ3n) is 5.21. The second kappa shape index (κ2) is 6.67. The van der Waals surface area contributed by atoms with Gasteiger partial charge >= 0.3 is 0 Å². The lowest BCUT2D eigenvalue weighted by Gasteiger charge is -2.37. The number of amides is 1. The molecule has 2 aromatic rings. The quantitative estimate of drug-likeness (QED) is 0.630. The van der Waals surface area contributed by atoms with Crippen molar-refractivity contribution in [3.63, 3.8) is 0 Å². The number of carbonyl (C=O) groups is 1. The minimum absolute atomic E-state index is 0.0385. The highest BCUT2D eigenvalue weighted by molar-refractivity contribution is 7.99. The Balaban J connectivity index is 1.38. The Bertz CT molecular complexity index is 784. The van der Waals surface area contributed by atoms with E-state index in [1.807, 2.05) is 12.1 Å². The molecule has 2 unspecified atom stereocenters. The van der Waals surface area contributed by atoms with Crippen LogP contribution in [-0.4, -0.2) is 26.8 Å². The summed E-state index contributed by atoms with van der Waals surface area (Å²) in [4.78, 5) is 14.9. The van der Waals surface area contributed by atoms with Gasteiger partial charge in [-0.1, -0.05) is 42.5 Å². The van der Waals surface area contributed by atoms with E-state index in [4.69, 9.17) is 0 Å². The number of hydrogen-bond donors (Lipinski definition) is 2. The largest absolute Gasteiger partial charge is 0.325 e. The van der Waals surface area contributed by atoms with Gasteiger partial charge in [0.2, 0.25) is 5.91 Å². The van der Waals surface area contributed by atoms with Crippen LogP contribution in [0, 0.1) is 5.92 Å². The number of fused-ring (bicyclic) bond motifs is 2. The fourth-order valence-corrected chi connectivity index (χ4v) is 4.84. The zero-order valence-corrected chi connectivity index (χ0v) is 15.1. The smallest absolute Gasteiger partial charge is 0.234 e. The number of H-pyrrole nitrogens is 1. The van der Waals surface area contributed by atoms with Crippen LogP contribution in [0.2, 0.25) is 0 Å². The van der Waals surface area contributed by atoms with Crippen LogP contribution in [-0.2, 0) is 10.2 Å². The van der Waals surface area contributed by atoms with Crippen LogP contribution in [0.4, 0.5) is 5.69 Å². The van der Waals surface area contributed by atoms with Crippen LogP contribution in [0.5, 0.6) is 0 Å². The van der Waals surface area contributed by atoms with Gasteiger partial charge < -0.3 is 10.3 Å².